The summed E-state index contributed by atoms with van der Waals surface area (Å²) in [5, 5.41) is 11.1. The van der Waals surface area contributed by atoms with Gasteiger partial charge in [0.1, 0.15) is 0 Å². The van der Waals surface area contributed by atoms with Crippen LogP contribution in [-0.4, -0.2) is 60.1 Å². The molecule has 1 fully saturated rings. The number of aliphatic hydroxyl groups is 1. The molecule has 1 aliphatic carbocycles. The van der Waals surface area contributed by atoms with Crippen LogP contribution >= 0.6 is 0 Å². The first kappa shape index (κ1) is 26.6. The average Bonchev–Trinajstić information content (AvgIpc) is 2.95. The molecule has 0 bridgehead atoms. The Balaban J connectivity index is 1.27. The molecule has 1 aliphatic heterocycles. The van der Waals surface area contributed by atoms with Crippen LogP contribution in [0.1, 0.15) is 69.8 Å². The number of nitrogens with zero attached hydrogens (tertiary/aromatic N) is 2. The molecule has 38 heavy (non-hydrogen) atoms. The van der Waals surface area contributed by atoms with Gasteiger partial charge in [0, 0.05) is 30.5 Å². The summed E-state index contributed by atoms with van der Waals surface area (Å²) in [5.74, 6) is 0.341. The number of hydrogen-bond acceptors (Lipinski definition) is 3. The van der Waals surface area contributed by atoms with Crippen molar-refractivity contribution in [3.63, 3.8) is 0 Å². The van der Waals surface area contributed by atoms with Crippen LogP contribution in [0, 0.1) is 13.8 Å². The van der Waals surface area contributed by atoms with Crippen molar-refractivity contribution in [1.29, 1.82) is 0 Å². The Bertz CT molecular complexity index is 1250. The van der Waals surface area contributed by atoms with Crippen LogP contribution in [0.25, 0.3) is 0 Å². The lowest BCUT2D eigenvalue weighted by molar-refractivity contribution is 0.0173. The van der Waals surface area contributed by atoms with Crippen LogP contribution in [0.15, 0.2) is 72.8 Å². The van der Waals surface area contributed by atoms with Crippen molar-refractivity contribution in [3.05, 3.63) is 106 Å². The van der Waals surface area contributed by atoms with Gasteiger partial charge < -0.3 is 14.9 Å². The van der Waals surface area contributed by atoms with Crippen molar-refractivity contribution < 1.29 is 9.90 Å². The molecule has 4 nitrogen and oxygen atoms in total. The van der Waals surface area contributed by atoms with E-state index in [4.69, 9.17) is 0 Å². The molecule has 2 aliphatic rings. The third-order valence-corrected chi connectivity index (χ3v) is 9.28. The number of aliphatic hydroxyl groups excluding tert-OH is 1. The van der Waals surface area contributed by atoms with Gasteiger partial charge in [0.05, 0.1) is 6.10 Å². The van der Waals surface area contributed by atoms with Gasteiger partial charge in [-0.05, 0) is 106 Å². The van der Waals surface area contributed by atoms with Crippen LogP contribution in [0.3, 0.4) is 0 Å². The molecule has 2 unspecified atom stereocenters. The van der Waals surface area contributed by atoms with Gasteiger partial charge in [0.15, 0.2) is 0 Å². The number of likely N-dealkylation sites (tertiary alicyclic amines) is 1. The quantitative estimate of drug-likeness (QED) is 0.431. The molecule has 200 valence electrons. The SMILES string of the molecule is Cc1ccc(C(CCN2CCC3(CC2)c2ccccc2CCC3O)CN(C)C(=O)c2ccccc2)cc1C. The fraction of sp³-hybridized carbons (Fsp3) is 0.441. The van der Waals surface area contributed by atoms with Crippen molar-refractivity contribution in [2.45, 2.75) is 63.4 Å². The van der Waals surface area contributed by atoms with E-state index in [0.717, 1.165) is 57.3 Å². The third-order valence-electron chi connectivity index (χ3n) is 9.28. The molecule has 3 aromatic carbocycles. The minimum absolute atomic E-state index is 0.0734. The monoisotopic (exact) mass is 510 g/mol. The van der Waals surface area contributed by atoms with E-state index in [1.54, 1.807) is 0 Å². The van der Waals surface area contributed by atoms with Crippen LogP contribution in [0.4, 0.5) is 0 Å². The Hall–Kier alpha value is -2.95. The first-order valence-corrected chi connectivity index (χ1v) is 14.2. The van der Waals surface area contributed by atoms with E-state index < -0.39 is 0 Å². The number of rotatable bonds is 7. The highest BCUT2D eigenvalue weighted by Gasteiger charge is 2.45. The summed E-state index contributed by atoms with van der Waals surface area (Å²) in [6.45, 7) is 8.03. The number of aryl methyl sites for hydroxylation is 3. The maximum Gasteiger partial charge on any atom is 0.253 e. The lowest BCUT2D eigenvalue weighted by atomic mass is 9.63. The second-order valence-electron chi connectivity index (χ2n) is 11.6. The zero-order valence-corrected chi connectivity index (χ0v) is 23.2. The molecule has 1 saturated heterocycles. The van der Waals surface area contributed by atoms with Crippen molar-refractivity contribution >= 4 is 5.91 Å². The number of benzene rings is 3. The normalized spacial score (nSPS) is 19.6. The Kier molecular flexibility index (Phi) is 8.01. The van der Waals surface area contributed by atoms with Gasteiger partial charge in [-0.2, -0.15) is 0 Å². The Labute approximate surface area is 228 Å². The molecule has 1 amide bonds. The number of likely N-dealkylation sites (N-methyl/N-ethyl adjacent to an activating group) is 1. The summed E-state index contributed by atoms with van der Waals surface area (Å²) in [4.78, 5) is 17.6. The van der Waals surface area contributed by atoms with Gasteiger partial charge in [-0.25, -0.2) is 0 Å². The highest BCUT2D eigenvalue weighted by molar-refractivity contribution is 5.94. The molecule has 0 saturated carbocycles. The van der Waals surface area contributed by atoms with Gasteiger partial charge in [-0.1, -0.05) is 60.7 Å². The molecule has 0 radical (unpaired) electrons. The molecular formula is C34H42N2O2. The Morgan fingerprint density at radius 3 is 2.45 bits per heavy atom. The molecule has 4 heteroatoms. The van der Waals surface area contributed by atoms with E-state index in [2.05, 4.69) is 61.2 Å². The molecule has 0 aromatic heterocycles. The highest BCUT2D eigenvalue weighted by Crippen LogP contribution is 2.45. The van der Waals surface area contributed by atoms with Gasteiger partial charge in [0.25, 0.3) is 5.91 Å². The maximum atomic E-state index is 13.1. The predicted molar refractivity (Wildman–Crippen MR) is 155 cm³/mol. The van der Waals surface area contributed by atoms with E-state index in [9.17, 15) is 9.90 Å². The minimum atomic E-state index is -0.250. The second kappa shape index (κ2) is 11.4. The Morgan fingerprint density at radius 2 is 1.71 bits per heavy atom. The second-order valence-corrected chi connectivity index (χ2v) is 11.6. The fourth-order valence-corrected chi connectivity index (χ4v) is 6.69. The number of carbonyl (C=O) groups is 1. The topological polar surface area (TPSA) is 43.8 Å². The first-order chi connectivity index (χ1) is 18.4. The van der Waals surface area contributed by atoms with Crippen LogP contribution in [0.5, 0.6) is 0 Å². The predicted octanol–water partition coefficient (Wildman–Crippen LogP) is 5.89. The van der Waals surface area contributed by atoms with Crippen molar-refractivity contribution in [2.24, 2.45) is 0 Å². The molecule has 3 aromatic rings. The van der Waals surface area contributed by atoms with Gasteiger partial charge >= 0.3 is 0 Å². The highest BCUT2D eigenvalue weighted by atomic mass is 16.3. The third kappa shape index (κ3) is 5.43. The molecule has 1 N–H and O–H groups in total. The molecular weight excluding hydrogens is 468 g/mol. The molecule has 1 spiro atoms. The number of amides is 1. The van der Waals surface area contributed by atoms with Crippen LogP contribution < -0.4 is 0 Å². The van der Waals surface area contributed by atoms with Gasteiger partial charge in [-0.3, -0.25) is 4.79 Å². The number of carbonyl (C=O) groups excluding carboxylic acids is 1. The number of piperidine rings is 1. The summed E-state index contributed by atoms with van der Waals surface area (Å²) in [7, 11) is 1.93. The van der Waals surface area contributed by atoms with Gasteiger partial charge in [-0.15, -0.1) is 0 Å². The van der Waals surface area contributed by atoms with E-state index in [0.29, 0.717) is 6.54 Å². The molecule has 1 heterocycles. The van der Waals surface area contributed by atoms with E-state index in [1.165, 1.54) is 27.8 Å². The summed E-state index contributed by atoms with van der Waals surface area (Å²) >= 11 is 0. The lowest BCUT2D eigenvalue weighted by Gasteiger charge is -2.48. The lowest BCUT2D eigenvalue weighted by Crippen LogP contribution is -2.51. The molecule has 2 atom stereocenters. The molecule has 5 rings (SSSR count). The van der Waals surface area contributed by atoms with Crippen molar-refractivity contribution in [2.75, 3.05) is 33.2 Å². The summed E-state index contributed by atoms with van der Waals surface area (Å²) in [6, 6.07) is 25.1. The van der Waals surface area contributed by atoms with Crippen LogP contribution in [-0.2, 0) is 11.8 Å². The zero-order valence-electron chi connectivity index (χ0n) is 23.2. The standard InChI is InChI=1S/C34H42N2O2/c1-25-13-14-29(23-26(25)2)30(24-35(3)33(38)28-10-5-4-6-11-28)17-20-36-21-18-34(19-22-36)31-12-8-7-9-27(31)15-16-32(34)37/h4-14,23,30,32,37H,15-22,24H2,1-3H3. The van der Waals surface area contributed by atoms with Crippen molar-refractivity contribution in [3.8, 4) is 0 Å². The van der Waals surface area contributed by atoms with Crippen molar-refractivity contribution in [1.82, 2.24) is 9.80 Å². The fourth-order valence-electron chi connectivity index (χ4n) is 6.69. The smallest absolute Gasteiger partial charge is 0.253 e. The van der Waals surface area contributed by atoms with E-state index >= 15 is 0 Å². The van der Waals surface area contributed by atoms with E-state index in [1.807, 2.05) is 42.3 Å². The summed E-state index contributed by atoms with van der Waals surface area (Å²) in [6.07, 6.45) is 4.61. The number of hydrogen-bond donors (Lipinski definition) is 1. The first-order valence-electron chi connectivity index (χ1n) is 14.2. The summed E-state index contributed by atoms with van der Waals surface area (Å²) in [5.41, 5.74) is 7.36. The van der Waals surface area contributed by atoms with Crippen LogP contribution in [0.2, 0.25) is 0 Å². The Morgan fingerprint density at radius 1 is 1.00 bits per heavy atom. The minimum Gasteiger partial charge on any atom is -0.392 e. The zero-order chi connectivity index (χ0) is 26.7. The number of fused-ring (bicyclic) bond motifs is 2. The maximum absolute atomic E-state index is 13.1. The average molecular weight is 511 g/mol. The van der Waals surface area contributed by atoms with Gasteiger partial charge in [0.2, 0.25) is 0 Å². The van der Waals surface area contributed by atoms with E-state index in [-0.39, 0.29) is 23.3 Å². The summed E-state index contributed by atoms with van der Waals surface area (Å²) < 4.78 is 0. The largest absolute Gasteiger partial charge is 0.392 e.